The second-order valence-corrected chi connectivity index (χ2v) is 4.15. The average molecular weight is 260 g/mol. The van der Waals surface area contributed by atoms with Crippen LogP contribution < -0.4 is 4.90 Å². The summed E-state index contributed by atoms with van der Waals surface area (Å²) in [6, 6.07) is 9.11. The van der Waals surface area contributed by atoms with Gasteiger partial charge in [0.05, 0.1) is 11.6 Å². The van der Waals surface area contributed by atoms with E-state index in [1.54, 1.807) is 23.1 Å². The van der Waals surface area contributed by atoms with Crippen LogP contribution in [0.1, 0.15) is 5.56 Å². The molecule has 1 aromatic carbocycles. The first-order valence-corrected chi connectivity index (χ1v) is 5.57. The van der Waals surface area contributed by atoms with Crippen LogP contribution in [0.15, 0.2) is 24.3 Å². The molecular formula is C12H10ClN5. The van der Waals surface area contributed by atoms with Crippen LogP contribution in [0.2, 0.25) is 5.28 Å². The van der Waals surface area contributed by atoms with Crippen molar-refractivity contribution in [1.29, 1.82) is 5.26 Å². The summed E-state index contributed by atoms with van der Waals surface area (Å²) in [6.45, 7) is 0. The zero-order valence-electron chi connectivity index (χ0n) is 9.92. The summed E-state index contributed by atoms with van der Waals surface area (Å²) < 4.78 is 0. The lowest BCUT2D eigenvalue weighted by Crippen LogP contribution is -2.13. The Labute approximate surface area is 110 Å². The lowest BCUT2D eigenvalue weighted by atomic mass is 10.1. The molecule has 0 aliphatic carbocycles. The van der Waals surface area contributed by atoms with Crippen molar-refractivity contribution in [2.45, 2.75) is 0 Å². The summed E-state index contributed by atoms with van der Waals surface area (Å²) in [5, 5.41) is 9.00. The minimum atomic E-state index is 0.131. The molecule has 0 aliphatic heterocycles. The molecule has 90 valence electrons. The molecule has 2 rings (SSSR count). The monoisotopic (exact) mass is 259 g/mol. The summed E-state index contributed by atoms with van der Waals surface area (Å²) in [4.78, 5) is 14.1. The van der Waals surface area contributed by atoms with E-state index in [0.717, 1.165) is 5.56 Å². The van der Waals surface area contributed by atoms with E-state index in [-0.39, 0.29) is 5.28 Å². The van der Waals surface area contributed by atoms with Crippen LogP contribution >= 0.6 is 11.6 Å². The summed E-state index contributed by atoms with van der Waals surface area (Å²) in [5.74, 6) is 0.933. The van der Waals surface area contributed by atoms with Gasteiger partial charge in [0.2, 0.25) is 11.2 Å². The van der Waals surface area contributed by atoms with Crippen molar-refractivity contribution < 1.29 is 0 Å². The van der Waals surface area contributed by atoms with Crippen LogP contribution in [0.3, 0.4) is 0 Å². The second kappa shape index (κ2) is 4.98. The van der Waals surface area contributed by atoms with E-state index < -0.39 is 0 Å². The van der Waals surface area contributed by atoms with Crippen molar-refractivity contribution in [3.05, 3.63) is 35.1 Å². The number of hydrogen-bond acceptors (Lipinski definition) is 5. The third-order valence-corrected chi connectivity index (χ3v) is 2.42. The Morgan fingerprint density at radius 1 is 1.22 bits per heavy atom. The first-order chi connectivity index (χ1) is 8.60. The Morgan fingerprint density at radius 3 is 2.67 bits per heavy atom. The summed E-state index contributed by atoms with van der Waals surface area (Å²) >= 11 is 5.86. The third-order valence-electron chi connectivity index (χ3n) is 2.25. The minimum absolute atomic E-state index is 0.131. The maximum Gasteiger partial charge on any atom is 0.229 e. The smallest absolute Gasteiger partial charge is 0.229 e. The molecule has 0 unspecified atom stereocenters. The normalized spacial score (nSPS) is 9.89. The van der Waals surface area contributed by atoms with Gasteiger partial charge in [0.1, 0.15) is 0 Å². The first kappa shape index (κ1) is 12.3. The van der Waals surface area contributed by atoms with Crippen LogP contribution in [-0.4, -0.2) is 29.0 Å². The highest BCUT2D eigenvalue weighted by Crippen LogP contribution is 2.19. The Morgan fingerprint density at radius 2 is 2.00 bits per heavy atom. The van der Waals surface area contributed by atoms with E-state index in [4.69, 9.17) is 16.9 Å². The van der Waals surface area contributed by atoms with Crippen molar-refractivity contribution in [3.63, 3.8) is 0 Å². The predicted octanol–water partition coefficient (Wildman–Crippen LogP) is 2.13. The second-order valence-electron chi connectivity index (χ2n) is 3.82. The van der Waals surface area contributed by atoms with Gasteiger partial charge in [-0.15, -0.1) is 0 Å². The fourth-order valence-electron chi connectivity index (χ4n) is 1.40. The minimum Gasteiger partial charge on any atom is -0.347 e. The number of rotatable bonds is 2. The van der Waals surface area contributed by atoms with Crippen LogP contribution in [0.5, 0.6) is 0 Å². The van der Waals surface area contributed by atoms with Crippen LogP contribution in [0.4, 0.5) is 5.95 Å². The predicted molar refractivity (Wildman–Crippen MR) is 69.3 cm³/mol. The molecule has 0 bridgehead atoms. The number of nitrogens with zero attached hydrogens (tertiary/aromatic N) is 5. The number of aromatic nitrogens is 3. The molecule has 0 N–H and O–H groups in total. The molecule has 0 saturated carbocycles. The number of hydrogen-bond donors (Lipinski definition) is 0. The van der Waals surface area contributed by atoms with Gasteiger partial charge in [-0.25, -0.2) is 0 Å². The fourth-order valence-corrected chi connectivity index (χ4v) is 1.55. The molecule has 0 aliphatic rings. The summed E-state index contributed by atoms with van der Waals surface area (Å²) in [5.41, 5.74) is 1.29. The zero-order valence-corrected chi connectivity index (χ0v) is 10.7. The molecule has 0 fully saturated rings. The third kappa shape index (κ3) is 2.55. The molecule has 0 spiro atoms. The molecule has 0 atom stereocenters. The SMILES string of the molecule is CN(C)c1nc(Cl)nc(-c2cccc(C#N)c2)n1. The van der Waals surface area contributed by atoms with Gasteiger partial charge in [-0.2, -0.15) is 20.2 Å². The average Bonchev–Trinajstić information content (AvgIpc) is 2.38. The van der Waals surface area contributed by atoms with E-state index in [2.05, 4.69) is 21.0 Å². The number of nitriles is 1. The highest BCUT2D eigenvalue weighted by atomic mass is 35.5. The maximum atomic E-state index is 8.87. The van der Waals surface area contributed by atoms with Gasteiger partial charge in [0.25, 0.3) is 0 Å². The van der Waals surface area contributed by atoms with Crippen molar-refractivity contribution in [2.75, 3.05) is 19.0 Å². The van der Waals surface area contributed by atoms with E-state index >= 15 is 0 Å². The highest BCUT2D eigenvalue weighted by Gasteiger charge is 2.09. The molecule has 0 radical (unpaired) electrons. The molecule has 1 aromatic heterocycles. The van der Waals surface area contributed by atoms with Gasteiger partial charge in [-0.05, 0) is 23.7 Å². The van der Waals surface area contributed by atoms with Crippen LogP contribution in [0.25, 0.3) is 11.4 Å². The van der Waals surface area contributed by atoms with E-state index in [9.17, 15) is 0 Å². The molecule has 6 heteroatoms. The van der Waals surface area contributed by atoms with E-state index in [1.165, 1.54) is 0 Å². The van der Waals surface area contributed by atoms with Gasteiger partial charge < -0.3 is 4.90 Å². The Bertz CT molecular complexity index is 618. The standard InChI is InChI=1S/C12H10ClN5/c1-18(2)12-16-10(15-11(13)17-12)9-5-3-4-8(6-9)7-14/h3-6H,1-2H3. The van der Waals surface area contributed by atoms with E-state index in [0.29, 0.717) is 17.3 Å². The van der Waals surface area contributed by atoms with Crippen molar-refractivity contribution in [1.82, 2.24) is 15.0 Å². The molecule has 1 heterocycles. The molecule has 0 saturated heterocycles. The molecule has 2 aromatic rings. The van der Waals surface area contributed by atoms with Crippen molar-refractivity contribution >= 4 is 17.5 Å². The Kier molecular flexibility index (Phi) is 3.40. The lowest BCUT2D eigenvalue weighted by molar-refractivity contribution is 0.962. The largest absolute Gasteiger partial charge is 0.347 e. The van der Waals surface area contributed by atoms with Gasteiger partial charge in [0, 0.05) is 19.7 Å². The van der Waals surface area contributed by atoms with Crippen LogP contribution in [0, 0.1) is 11.3 Å². The highest BCUT2D eigenvalue weighted by molar-refractivity contribution is 6.28. The topological polar surface area (TPSA) is 65.7 Å². The first-order valence-electron chi connectivity index (χ1n) is 5.19. The zero-order chi connectivity index (χ0) is 13.1. The number of halogens is 1. The maximum absolute atomic E-state index is 8.87. The fraction of sp³-hybridized carbons (Fsp3) is 0.167. The number of anilines is 1. The Hall–Kier alpha value is -2.19. The van der Waals surface area contributed by atoms with Crippen LogP contribution in [-0.2, 0) is 0 Å². The Balaban J connectivity index is 2.53. The van der Waals surface area contributed by atoms with Gasteiger partial charge in [-0.3, -0.25) is 0 Å². The van der Waals surface area contributed by atoms with Gasteiger partial charge in [-0.1, -0.05) is 12.1 Å². The molecule has 5 nitrogen and oxygen atoms in total. The summed E-state index contributed by atoms with van der Waals surface area (Å²) in [7, 11) is 3.64. The van der Waals surface area contributed by atoms with Crippen molar-refractivity contribution in [2.24, 2.45) is 0 Å². The van der Waals surface area contributed by atoms with Gasteiger partial charge in [0.15, 0.2) is 5.82 Å². The van der Waals surface area contributed by atoms with E-state index in [1.807, 2.05) is 20.2 Å². The number of benzene rings is 1. The quantitative estimate of drug-likeness (QED) is 0.827. The summed E-state index contributed by atoms with van der Waals surface area (Å²) in [6.07, 6.45) is 0. The molecular weight excluding hydrogens is 250 g/mol. The lowest BCUT2D eigenvalue weighted by Gasteiger charge is -2.11. The van der Waals surface area contributed by atoms with Gasteiger partial charge >= 0.3 is 0 Å². The molecule has 18 heavy (non-hydrogen) atoms. The molecule has 0 amide bonds. The van der Waals surface area contributed by atoms with Crippen molar-refractivity contribution in [3.8, 4) is 17.5 Å².